The Morgan fingerprint density at radius 3 is 2.34 bits per heavy atom. The van der Waals surface area contributed by atoms with E-state index in [4.69, 9.17) is 14.6 Å². The van der Waals surface area contributed by atoms with Crippen LogP contribution >= 0.6 is 0 Å². The van der Waals surface area contributed by atoms with Crippen molar-refractivity contribution in [3.05, 3.63) is 18.2 Å². The lowest BCUT2D eigenvalue weighted by Crippen LogP contribution is -2.27. The summed E-state index contributed by atoms with van der Waals surface area (Å²) in [5.74, 6) is -0.193. The first-order chi connectivity index (χ1) is 16.4. The van der Waals surface area contributed by atoms with Crippen LogP contribution < -0.4 is 15.0 Å². The fourth-order valence-electron chi connectivity index (χ4n) is 4.08. The van der Waals surface area contributed by atoms with Crippen LogP contribution in [0, 0.1) is 11.3 Å². The lowest BCUT2D eigenvalue weighted by Gasteiger charge is -2.26. The molecule has 198 valence electrons. The summed E-state index contributed by atoms with van der Waals surface area (Å²) < 4.78 is 11.1. The van der Waals surface area contributed by atoms with Gasteiger partial charge in [0.15, 0.2) is 0 Å². The normalized spacial score (nSPS) is 12.1. The van der Waals surface area contributed by atoms with Gasteiger partial charge in [-0.05, 0) is 56.1 Å². The smallest absolute Gasteiger partial charge is 0.305 e. The number of esters is 1. The van der Waals surface area contributed by atoms with Crippen molar-refractivity contribution in [1.82, 2.24) is 0 Å². The highest BCUT2D eigenvalue weighted by molar-refractivity contribution is 5.90. The Labute approximate surface area is 210 Å². The third-order valence-electron chi connectivity index (χ3n) is 5.40. The Morgan fingerprint density at radius 1 is 1.11 bits per heavy atom. The molecular formula is C27H44N2O6. The maximum atomic E-state index is 11.7. The molecule has 0 bridgehead atoms. The Hall–Kier alpha value is -2.77. The number of nitrogens with zero attached hydrogens (tertiary/aromatic N) is 1. The Kier molecular flexibility index (Phi) is 13.2. The van der Waals surface area contributed by atoms with Crippen molar-refractivity contribution in [3.8, 4) is 5.75 Å². The minimum atomic E-state index is -0.842. The first-order valence-electron chi connectivity index (χ1n) is 12.6. The molecular weight excluding hydrogens is 448 g/mol. The number of hydrogen-bond acceptors (Lipinski definition) is 6. The molecule has 35 heavy (non-hydrogen) atoms. The second-order valence-electron chi connectivity index (χ2n) is 10.3. The Balaban J connectivity index is 2.99. The molecule has 0 heterocycles. The van der Waals surface area contributed by atoms with E-state index in [0.29, 0.717) is 62.9 Å². The minimum Gasteiger partial charge on any atom is -0.491 e. The lowest BCUT2D eigenvalue weighted by atomic mass is 9.84. The number of carboxylic acids is 1. The monoisotopic (exact) mass is 492 g/mol. The molecule has 0 aliphatic heterocycles. The van der Waals surface area contributed by atoms with Crippen LogP contribution in [-0.4, -0.2) is 49.3 Å². The number of hydrogen-bond donors (Lipinski definition) is 2. The fourth-order valence-corrected chi connectivity index (χ4v) is 4.08. The number of carboxylic acid groups (broad SMARTS) is 1. The van der Waals surface area contributed by atoms with Crippen LogP contribution in [0.4, 0.5) is 11.4 Å². The van der Waals surface area contributed by atoms with Crippen molar-refractivity contribution in [2.24, 2.45) is 11.3 Å². The summed E-state index contributed by atoms with van der Waals surface area (Å²) in [5, 5.41) is 11.9. The number of aliphatic carboxylic acids is 1. The first-order valence-corrected chi connectivity index (χ1v) is 12.6. The van der Waals surface area contributed by atoms with Gasteiger partial charge in [-0.3, -0.25) is 14.4 Å². The van der Waals surface area contributed by atoms with Crippen molar-refractivity contribution in [1.29, 1.82) is 0 Å². The standard InChI is InChI=1S/C27H44N2O6/c1-7-34-26(33)11-9-16-29(15-8-10-25(31)32)22-12-13-23(28-21(3)30)24(18-22)35-17-14-20(2)19-27(4,5)6/h12-13,18,20H,7-11,14-17,19H2,1-6H3,(H,28,30)(H,31,32). The molecule has 1 aromatic rings. The van der Waals surface area contributed by atoms with Crippen LogP contribution in [0.3, 0.4) is 0 Å². The van der Waals surface area contributed by atoms with Gasteiger partial charge >= 0.3 is 11.9 Å². The summed E-state index contributed by atoms with van der Waals surface area (Å²) in [7, 11) is 0. The summed E-state index contributed by atoms with van der Waals surface area (Å²) in [6.07, 6.45) is 3.40. The zero-order valence-electron chi connectivity index (χ0n) is 22.3. The Morgan fingerprint density at radius 2 is 1.77 bits per heavy atom. The summed E-state index contributed by atoms with van der Waals surface area (Å²) >= 11 is 0. The highest BCUT2D eigenvalue weighted by Crippen LogP contribution is 2.32. The summed E-state index contributed by atoms with van der Waals surface area (Å²) in [4.78, 5) is 36.5. The predicted octanol–water partition coefficient (Wildman–Crippen LogP) is 5.50. The van der Waals surface area contributed by atoms with Crippen molar-refractivity contribution < 1.29 is 29.0 Å². The van der Waals surface area contributed by atoms with E-state index in [1.807, 2.05) is 12.1 Å². The molecule has 0 aromatic heterocycles. The van der Waals surface area contributed by atoms with Gasteiger partial charge in [-0.2, -0.15) is 0 Å². The second-order valence-corrected chi connectivity index (χ2v) is 10.3. The molecule has 0 aliphatic carbocycles. The highest BCUT2D eigenvalue weighted by Gasteiger charge is 2.17. The molecule has 1 aromatic carbocycles. The molecule has 8 heteroatoms. The first kappa shape index (κ1) is 30.3. The number of carbonyl (C=O) groups excluding carboxylic acids is 2. The minimum absolute atomic E-state index is 0.0629. The number of nitrogens with one attached hydrogen (secondary N) is 1. The molecule has 1 atom stereocenters. The van der Waals surface area contributed by atoms with E-state index in [1.165, 1.54) is 6.92 Å². The summed E-state index contributed by atoms with van der Waals surface area (Å²) in [6.45, 7) is 14.1. The van der Waals surface area contributed by atoms with E-state index in [0.717, 1.165) is 18.5 Å². The van der Waals surface area contributed by atoms with E-state index in [9.17, 15) is 14.4 Å². The van der Waals surface area contributed by atoms with Crippen molar-refractivity contribution in [2.45, 2.75) is 80.1 Å². The molecule has 0 saturated heterocycles. The molecule has 0 aliphatic rings. The molecule has 0 spiro atoms. The maximum Gasteiger partial charge on any atom is 0.305 e. The maximum absolute atomic E-state index is 11.7. The number of anilines is 2. The van der Waals surface area contributed by atoms with E-state index >= 15 is 0 Å². The van der Waals surface area contributed by atoms with Gasteiger partial charge < -0.3 is 24.8 Å². The summed E-state index contributed by atoms with van der Waals surface area (Å²) in [6, 6.07) is 5.57. The van der Waals surface area contributed by atoms with Crippen LogP contribution in [0.25, 0.3) is 0 Å². The van der Waals surface area contributed by atoms with Crippen LogP contribution in [0.2, 0.25) is 0 Å². The average Bonchev–Trinajstić information content (AvgIpc) is 2.72. The molecule has 1 amide bonds. The van der Waals surface area contributed by atoms with E-state index in [1.54, 1.807) is 13.0 Å². The highest BCUT2D eigenvalue weighted by atomic mass is 16.5. The third kappa shape index (κ3) is 13.6. The zero-order valence-corrected chi connectivity index (χ0v) is 22.3. The molecule has 1 rings (SSSR count). The van der Waals surface area contributed by atoms with Gasteiger partial charge in [0.05, 0.1) is 18.9 Å². The summed E-state index contributed by atoms with van der Waals surface area (Å²) in [5.41, 5.74) is 1.70. The SMILES string of the molecule is CCOC(=O)CCCN(CCCC(=O)O)c1ccc(NC(C)=O)c(OCCC(C)CC(C)(C)C)c1. The van der Waals surface area contributed by atoms with Gasteiger partial charge in [-0.25, -0.2) is 0 Å². The van der Waals surface area contributed by atoms with Gasteiger partial charge in [0.2, 0.25) is 5.91 Å². The van der Waals surface area contributed by atoms with Crippen LogP contribution in [0.15, 0.2) is 18.2 Å². The number of carbonyl (C=O) groups is 3. The van der Waals surface area contributed by atoms with Gasteiger partial charge in [0.25, 0.3) is 0 Å². The van der Waals surface area contributed by atoms with Crippen LogP contribution in [0.5, 0.6) is 5.75 Å². The number of amides is 1. The molecule has 8 nitrogen and oxygen atoms in total. The third-order valence-corrected chi connectivity index (χ3v) is 5.40. The largest absolute Gasteiger partial charge is 0.491 e. The topological polar surface area (TPSA) is 105 Å². The van der Waals surface area contributed by atoms with Crippen LogP contribution in [0.1, 0.15) is 80.1 Å². The number of rotatable bonds is 16. The van der Waals surface area contributed by atoms with Gasteiger partial charge in [-0.1, -0.05) is 27.7 Å². The van der Waals surface area contributed by atoms with Crippen LogP contribution in [-0.2, 0) is 19.1 Å². The predicted molar refractivity (Wildman–Crippen MR) is 139 cm³/mol. The average molecular weight is 493 g/mol. The zero-order chi connectivity index (χ0) is 26.4. The molecule has 1 unspecified atom stereocenters. The van der Waals surface area contributed by atoms with Crippen molar-refractivity contribution >= 4 is 29.2 Å². The Bertz CT molecular complexity index is 818. The number of ether oxygens (including phenoxy) is 2. The van der Waals surface area contributed by atoms with Gasteiger partial charge in [0, 0.05) is 44.6 Å². The van der Waals surface area contributed by atoms with Gasteiger partial charge in [0.1, 0.15) is 5.75 Å². The molecule has 2 N–H and O–H groups in total. The molecule has 0 fully saturated rings. The quantitative estimate of drug-likeness (QED) is 0.294. The van der Waals surface area contributed by atoms with Gasteiger partial charge in [-0.15, -0.1) is 0 Å². The molecule has 0 saturated carbocycles. The second kappa shape index (κ2) is 15.3. The van der Waals surface area contributed by atoms with E-state index < -0.39 is 5.97 Å². The fraction of sp³-hybridized carbons (Fsp3) is 0.667. The van der Waals surface area contributed by atoms with E-state index in [2.05, 4.69) is 37.9 Å². The molecule has 0 radical (unpaired) electrons. The lowest BCUT2D eigenvalue weighted by molar-refractivity contribution is -0.143. The number of benzene rings is 1. The van der Waals surface area contributed by atoms with E-state index in [-0.39, 0.29) is 23.7 Å². The van der Waals surface area contributed by atoms with Crippen molar-refractivity contribution in [3.63, 3.8) is 0 Å². The van der Waals surface area contributed by atoms with Crippen molar-refractivity contribution in [2.75, 3.05) is 36.5 Å².